The average Bonchev–Trinajstić information content (AvgIpc) is 2.63. The summed E-state index contributed by atoms with van der Waals surface area (Å²) in [6.45, 7) is 0.702. The van der Waals surface area contributed by atoms with Crippen LogP contribution in [-0.4, -0.2) is 12.6 Å². The van der Waals surface area contributed by atoms with Crippen molar-refractivity contribution in [2.45, 2.75) is 32.1 Å². The van der Waals surface area contributed by atoms with E-state index in [9.17, 15) is 4.79 Å². The summed E-state index contributed by atoms with van der Waals surface area (Å²) in [5, 5.41) is 2.86. The van der Waals surface area contributed by atoms with Crippen molar-refractivity contribution in [1.82, 2.24) is 5.32 Å². The Morgan fingerprint density at radius 2 is 1.50 bits per heavy atom. The normalized spacial score (nSPS) is 14.8. The Morgan fingerprint density at radius 3 is 2.21 bits per heavy atom. The van der Waals surface area contributed by atoms with E-state index in [0.717, 1.165) is 5.75 Å². The topological polar surface area (TPSA) is 47.6 Å². The molecule has 1 N–H and O–H groups in total. The summed E-state index contributed by atoms with van der Waals surface area (Å²) in [5.74, 6) is 2.58. The number of hydrogen-bond donors (Lipinski definition) is 1. The second kappa shape index (κ2) is 8.39. The first-order chi connectivity index (χ1) is 11.8. The van der Waals surface area contributed by atoms with Crippen LogP contribution in [0.2, 0.25) is 0 Å². The van der Waals surface area contributed by atoms with Gasteiger partial charge in [0.1, 0.15) is 17.2 Å². The lowest BCUT2D eigenvalue weighted by Gasteiger charge is -2.21. The maximum atomic E-state index is 11.9. The number of carbonyl (C=O) groups is 1. The summed E-state index contributed by atoms with van der Waals surface area (Å²) in [6.07, 6.45) is 5.86. The van der Waals surface area contributed by atoms with Crippen molar-refractivity contribution in [1.29, 1.82) is 0 Å². The lowest BCUT2D eigenvalue weighted by atomic mass is 9.89. The summed E-state index contributed by atoms with van der Waals surface area (Å²) < 4.78 is 11.0. The van der Waals surface area contributed by atoms with Gasteiger partial charge in [-0.25, -0.2) is 4.79 Å². The molecule has 1 aliphatic carbocycles. The van der Waals surface area contributed by atoms with Crippen LogP contribution in [0.3, 0.4) is 0 Å². The summed E-state index contributed by atoms with van der Waals surface area (Å²) in [7, 11) is 0. The number of hydrogen-bond acceptors (Lipinski definition) is 3. The third kappa shape index (κ3) is 5.01. The second-order valence-corrected chi connectivity index (χ2v) is 6.16. The molecule has 4 nitrogen and oxygen atoms in total. The van der Waals surface area contributed by atoms with Gasteiger partial charge in [-0.05, 0) is 55.2 Å². The SMILES string of the molecule is O=C(NCC1CCCCC1)Oc1ccc(Oc2ccccc2)cc1. The van der Waals surface area contributed by atoms with Gasteiger partial charge in [0.25, 0.3) is 0 Å². The minimum absolute atomic E-state index is 0.391. The second-order valence-electron chi connectivity index (χ2n) is 6.16. The molecule has 0 atom stereocenters. The van der Waals surface area contributed by atoms with Crippen LogP contribution in [0.1, 0.15) is 32.1 Å². The molecular weight excluding hydrogens is 302 g/mol. The predicted molar refractivity (Wildman–Crippen MR) is 93.6 cm³/mol. The summed E-state index contributed by atoms with van der Waals surface area (Å²) in [5.41, 5.74) is 0. The van der Waals surface area contributed by atoms with E-state index in [2.05, 4.69) is 5.32 Å². The lowest BCUT2D eigenvalue weighted by molar-refractivity contribution is 0.196. The first-order valence-electron chi connectivity index (χ1n) is 8.58. The number of rotatable bonds is 5. The van der Waals surface area contributed by atoms with E-state index in [-0.39, 0.29) is 0 Å². The van der Waals surface area contributed by atoms with Gasteiger partial charge in [0.2, 0.25) is 0 Å². The Balaban J connectivity index is 1.45. The Hall–Kier alpha value is -2.49. The number of nitrogens with one attached hydrogen (secondary N) is 1. The molecule has 0 radical (unpaired) electrons. The fourth-order valence-electron chi connectivity index (χ4n) is 2.96. The van der Waals surface area contributed by atoms with E-state index in [0.29, 0.717) is 24.0 Å². The minimum Gasteiger partial charge on any atom is -0.457 e. The first-order valence-corrected chi connectivity index (χ1v) is 8.58. The third-order valence-electron chi connectivity index (χ3n) is 4.27. The third-order valence-corrected chi connectivity index (χ3v) is 4.27. The molecule has 0 bridgehead atoms. The Morgan fingerprint density at radius 1 is 0.875 bits per heavy atom. The fraction of sp³-hybridized carbons (Fsp3) is 0.350. The fourth-order valence-corrected chi connectivity index (χ4v) is 2.96. The first kappa shape index (κ1) is 16.4. The Labute approximate surface area is 142 Å². The number of para-hydroxylation sites is 1. The largest absolute Gasteiger partial charge is 0.457 e. The molecule has 3 rings (SSSR count). The van der Waals surface area contributed by atoms with Gasteiger partial charge in [-0.1, -0.05) is 37.5 Å². The molecule has 1 saturated carbocycles. The highest BCUT2D eigenvalue weighted by Crippen LogP contribution is 2.24. The molecule has 0 aliphatic heterocycles. The van der Waals surface area contributed by atoms with Crippen molar-refractivity contribution in [2.75, 3.05) is 6.54 Å². The smallest absolute Gasteiger partial charge is 0.412 e. The van der Waals surface area contributed by atoms with Crippen LogP contribution in [0.5, 0.6) is 17.2 Å². The van der Waals surface area contributed by atoms with E-state index >= 15 is 0 Å². The van der Waals surface area contributed by atoms with Crippen LogP contribution in [0, 0.1) is 5.92 Å². The minimum atomic E-state index is -0.391. The molecule has 126 valence electrons. The highest BCUT2D eigenvalue weighted by Gasteiger charge is 2.14. The number of benzene rings is 2. The van der Waals surface area contributed by atoms with Gasteiger partial charge in [-0.2, -0.15) is 0 Å². The zero-order valence-electron chi connectivity index (χ0n) is 13.7. The summed E-state index contributed by atoms with van der Waals surface area (Å²) in [6, 6.07) is 16.6. The highest BCUT2D eigenvalue weighted by atomic mass is 16.6. The van der Waals surface area contributed by atoms with Gasteiger partial charge >= 0.3 is 6.09 Å². The van der Waals surface area contributed by atoms with Crippen molar-refractivity contribution < 1.29 is 14.3 Å². The number of carbonyl (C=O) groups excluding carboxylic acids is 1. The van der Waals surface area contributed by atoms with E-state index < -0.39 is 6.09 Å². The van der Waals surface area contributed by atoms with Crippen molar-refractivity contribution in [3.8, 4) is 17.2 Å². The molecule has 0 spiro atoms. The standard InChI is InChI=1S/C20H23NO3/c22-20(21-15-16-7-3-1-4-8-16)24-19-13-11-18(12-14-19)23-17-9-5-2-6-10-17/h2,5-6,9-14,16H,1,3-4,7-8,15H2,(H,21,22). The van der Waals surface area contributed by atoms with Crippen LogP contribution in [-0.2, 0) is 0 Å². The monoisotopic (exact) mass is 325 g/mol. The molecule has 1 aliphatic rings. The van der Waals surface area contributed by atoms with Gasteiger partial charge < -0.3 is 14.8 Å². The maximum Gasteiger partial charge on any atom is 0.412 e. The molecule has 1 fully saturated rings. The van der Waals surface area contributed by atoms with E-state index in [1.54, 1.807) is 24.3 Å². The van der Waals surface area contributed by atoms with Gasteiger partial charge in [-0.15, -0.1) is 0 Å². The lowest BCUT2D eigenvalue weighted by Crippen LogP contribution is -2.32. The predicted octanol–water partition coefficient (Wildman–Crippen LogP) is 5.15. The molecule has 2 aromatic carbocycles. The molecule has 0 heterocycles. The van der Waals surface area contributed by atoms with Gasteiger partial charge in [0.05, 0.1) is 0 Å². The van der Waals surface area contributed by atoms with E-state index in [1.165, 1.54) is 32.1 Å². The van der Waals surface area contributed by atoms with Gasteiger partial charge in [0.15, 0.2) is 0 Å². The van der Waals surface area contributed by atoms with Crippen LogP contribution < -0.4 is 14.8 Å². The van der Waals surface area contributed by atoms with Crippen molar-refractivity contribution in [3.05, 3.63) is 54.6 Å². The summed E-state index contributed by atoms with van der Waals surface area (Å²) >= 11 is 0. The molecule has 1 amide bonds. The maximum absolute atomic E-state index is 11.9. The molecule has 2 aromatic rings. The van der Waals surface area contributed by atoms with Crippen molar-refractivity contribution in [3.63, 3.8) is 0 Å². The van der Waals surface area contributed by atoms with Crippen LogP contribution >= 0.6 is 0 Å². The van der Waals surface area contributed by atoms with Crippen LogP contribution in [0.15, 0.2) is 54.6 Å². The highest BCUT2D eigenvalue weighted by molar-refractivity contribution is 5.70. The Bertz CT molecular complexity index is 634. The molecule has 4 heteroatoms. The molecule has 0 aromatic heterocycles. The number of ether oxygens (including phenoxy) is 2. The molecule has 0 unspecified atom stereocenters. The van der Waals surface area contributed by atoms with Gasteiger partial charge in [0, 0.05) is 6.54 Å². The van der Waals surface area contributed by atoms with Crippen LogP contribution in [0.4, 0.5) is 4.79 Å². The molecule has 0 saturated heterocycles. The zero-order valence-corrected chi connectivity index (χ0v) is 13.7. The van der Waals surface area contributed by atoms with Crippen LogP contribution in [0.25, 0.3) is 0 Å². The Kier molecular flexibility index (Phi) is 5.72. The van der Waals surface area contributed by atoms with Crippen molar-refractivity contribution >= 4 is 6.09 Å². The van der Waals surface area contributed by atoms with E-state index in [1.807, 2.05) is 30.3 Å². The quantitative estimate of drug-likeness (QED) is 0.827. The molecular formula is C20H23NO3. The molecule has 24 heavy (non-hydrogen) atoms. The number of amides is 1. The van der Waals surface area contributed by atoms with E-state index in [4.69, 9.17) is 9.47 Å². The summed E-state index contributed by atoms with van der Waals surface area (Å²) in [4.78, 5) is 11.9. The average molecular weight is 325 g/mol. The van der Waals surface area contributed by atoms with Gasteiger partial charge in [-0.3, -0.25) is 0 Å². The van der Waals surface area contributed by atoms with Crippen molar-refractivity contribution in [2.24, 2.45) is 5.92 Å². The zero-order chi connectivity index (χ0) is 16.6.